The zero-order valence-corrected chi connectivity index (χ0v) is 17.7. The van der Waals surface area contributed by atoms with Crippen LogP contribution >= 0.6 is 0 Å². The molecule has 0 spiro atoms. The first kappa shape index (κ1) is 21.8. The van der Waals surface area contributed by atoms with Crippen LogP contribution in [-0.4, -0.2) is 35.5 Å². The summed E-state index contributed by atoms with van der Waals surface area (Å²) in [7, 11) is 1.64. The predicted octanol–water partition coefficient (Wildman–Crippen LogP) is 0.920. The Bertz CT molecular complexity index is 994. The molecule has 1 saturated heterocycles. The number of aromatic amines is 1. The smallest absolute Gasteiger partial charge is 0.329 e. The highest BCUT2D eigenvalue weighted by atomic mass is 16.5. The highest BCUT2D eigenvalue weighted by molar-refractivity contribution is 6.00. The summed E-state index contributed by atoms with van der Waals surface area (Å²) >= 11 is 0. The Kier molecular flexibility index (Phi) is 7.10. The molecular formula is C22H31N4O4+. The minimum Gasteiger partial charge on any atom is -0.497 e. The molecule has 0 aliphatic carbocycles. The van der Waals surface area contributed by atoms with Crippen molar-refractivity contribution in [1.29, 1.82) is 0 Å². The van der Waals surface area contributed by atoms with Crippen molar-refractivity contribution < 1.29 is 14.4 Å². The summed E-state index contributed by atoms with van der Waals surface area (Å²) in [5, 5.41) is 0. The fraction of sp³-hybridized carbons (Fsp3) is 0.500. The third kappa shape index (κ3) is 4.64. The third-order valence-electron chi connectivity index (χ3n) is 5.85. The number of nitrogens with zero attached hydrogens (tertiary/aromatic N) is 1. The van der Waals surface area contributed by atoms with Crippen LogP contribution in [0.15, 0.2) is 33.9 Å². The Morgan fingerprint density at radius 2 is 1.97 bits per heavy atom. The second kappa shape index (κ2) is 9.75. The topological polar surface area (TPSA) is 112 Å². The first-order chi connectivity index (χ1) is 14.5. The Morgan fingerprint density at radius 3 is 2.63 bits per heavy atom. The molecule has 4 N–H and O–H groups in total. The van der Waals surface area contributed by atoms with Crippen molar-refractivity contribution >= 4 is 11.6 Å². The van der Waals surface area contributed by atoms with Crippen molar-refractivity contribution in [3.63, 3.8) is 0 Å². The Hall–Kier alpha value is -2.87. The maximum absolute atomic E-state index is 13.2. The van der Waals surface area contributed by atoms with Crippen molar-refractivity contribution in [2.24, 2.45) is 0 Å². The van der Waals surface area contributed by atoms with Crippen LogP contribution in [0.5, 0.6) is 5.75 Å². The summed E-state index contributed by atoms with van der Waals surface area (Å²) in [6.45, 7) is 3.26. The van der Waals surface area contributed by atoms with Gasteiger partial charge in [0.2, 0.25) is 5.78 Å². The largest absolute Gasteiger partial charge is 0.497 e. The lowest BCUT2D eigenvalue weighted by Gasteiger charge is -2.27. The van der Waals surface area contributed by atoms with E-state index in [-0.39, 0.29) is 29.8 Å². The number of ketones is 1. The van der Waals surface area contributed by atoms with Gasteiger partial charge in [-0.2, -0.15) is 0 Å². The van der Waals surface area contributed by atoms with Crippen molar-refractivity contribution in [2.75, 3.05) is 25.9 Å². The van der Waals surface area contributed by atoms with Crippen LogP contribution in [-0.2, 0) is 6.54 Å². The maximum atomic E-state index is 13.2. The number of carbonyl (C=O) groups excluding carboxylic acids is 1. The number of nitrogens with one attached hydrogen (secondary N) is 2. The van der Waals surface area contributed by atoms with E-state index in [0.29, 0.717) is 13.0 Å². The van der Waals surface area contributed by atoms with Crippen molar-refractivity contribution in [2.45, 2.75) is 51.6 Å². The molecule has 0 saturated carbocycles. The number of anilines is 1. The van der Waals surface area contributed by atoms with Crippen molar-refractivity contribution in [1.82, 2.24) is 9.55 Å². The molecule has 0 bridgehead atoms. The normalized spacial score (nSPS) is 19.3. The van der Waals surface area contributed by atoms with E-state index >= 15 is 0 Å². The van der Waals surface area contributed by atoms with Gasteiger partial charge in [-0.15, -0.1) is 0 Å². The van der Waals surface area contributed by atoms with Gasteiger partial charge in [-0.25, -0.2) is 4.79 Å². The van der Waals surface area contributed by atoms with E-state index in [1.807, 2.05) is 31.2 Å². The van der Waals surface area contributed by atoms with Gasteiger partial charge in [-0.3, -0.25) is 19.1 Å². The second-order valence-corrected chi connectivity index (χ2v) is 7.85. The molecule has 2 atom stereocenters. The predicted molar refractivity (Wildman–Crippen MR) is 115 cm³/mol. The average molecular weight is 416 g/mol. The molecule has 1 aromatic heterocycles. The van der Waals surface area contributed by atoms with E-state index in [1.165, 1.54) is 4.57 Å². The number of hydrogen-bond donors (Lipinski definition) is 3. The number of H-pyrrole nitrogens is 1. The number of quaternary nitrogens is 1. The minimum atomic E-state index is -0.704. The van der Waals surface area contributed by atoms with Crippen molar-refractivity contribution in [3.8, 4) is 5.75 Å². The molecule has 30 heavy (non-hydrogen) atoms. The van der Waals surface area contributed by atoms with E-state index in [4.69, 9.17) is 10.5 Å². The van der Waals surface area contributed by atoms with Crippen LogP contribution in [0.25, 0.3) is 0 Å². The van der Waals surface area contributed by atoms with Crippen LogP contribution in [0, 0.1) is 0 Å². The van der Waals surface area contributed by atoms with Crippen LogP contribution in [0.1, 0.15) is 61.0 Å². The summed E-state index contributed by atoms with van der Waals surface area (Å²) < 4.78 is 6.53. The molecule has 0 amide bonds. The van der Waals surface area contributed by atoms with Gasteiger partial charge in [-0.1, -0.05) is 6.92 Å². The molecule has 162 valence electrons. The molecule has 1 aliphatic heterocycles. The number of ether oxygens (including phenoxy) is 1. The van der Waals surface area contributed by atoms with Crippen LogP contribution in [0.4, 0.5) is 5.82 Å². The van der Waals surface area contributed by atoms with Gasteiger partial charge < -0.3 is 15.4 Å². The van der Waals surface area contributed by atoms with Crippen LogP contribution in [0.3, 0.4) is 0 Å². The lowest BCUT2D eigenvalue weighted by molar-refractivity contribution is -0.923. The quantitative estimate of drug-likeness (QED) is 0.582. The Morgan fingerprint density at radius 1 is 1.23 bits per heavy atom. The number of carbonyl (C=O) groups is 1. The molecule has 8 nitrogen and oxygen atoms in total. The van der Waals surface area contributed by atoms with Gasteiger partial charge in [0.25, 0.3) is 5.56 Å². The Balaban J connectivity index is 1.90. The number of nitrogens with two attached hydrogens (primary N) is 1. The molecule has 2 heterocycles. The summed E-state index contributed by atoms with van der Waals surface area (Å²) in [5.41, 5.74) is 5.85. The molecule has 3 rings (SSSR count). The van der Waals surface area contributed by atoms with E-state index in [2.05, 4.69) is 4.98 Å². The lowest BCUT2D eigenvalue weighted by Crippen LogP contribution is -3.13. The standard InChI is InChI=1S/C22H30N4O4/c1-3-12-26-20(23)19(21(28)24-22(26)29)18(27)14-25-13-6-4-5-7-17(25)15-8-10-16(30-2)11-9-15/h8-11,17H,3-7,12-14,23H2,1-2H3,(H,24,28,29)/p+1/t17-/m0/s1. The monoisotopic (exact) mass is 415 g/mol. The summed E-state index contributed by atoms with van der Waals surface area (Å²) in [6.07, 6.45) is 4.88. The number of benzene rings is 1. The zero-order valence-electron chi connectivity index (χ0n) is 17.7. The number of aromatic nitrogens is 2. The maximum Gasteiger partial charge on any atom is 0.329 e. The van der Waals surface area contributed by atoms with Gasteiger partial charge in [0.05, 0.1) is 13.7 Å². The van der Waals surface area contributed by atoms with Gasteiger partial charge in [0.15, 0.2) is 0 Å². The highest BCUT2D eigenvalue weighted by Gasteiger charge is 2.30. The molecule has 0 radical (unpaired) electrons. The van der Waals surface area contributed by atoms with Gasteiger partial charge in [-0.05, 0) is 49.9 Å². The van der Waals surface area contributed by atoms with Gasteiger partial charge >= 0.3 is 5.69 Å². The minimum absolute atomic E-state index is 0.0363. The number of hydrogen-bond acceptors (Lipinski definition) is 5. The van der Waals surface area contributed by atoms with Crippen LogP contribution in [0.2, 0.25) is 0 Å². The fourth-order valence-electron chi connectivity index (χ4n) is 4.30. The molecule has 1 fully saturated rings. The third-order valence-corrected chi connectivity index (χ3v) is 5.85. The summed E-state index contributed by atoms with van der Waals surface area (Å²) in [4.78, 5) is 41.0. The first-order valence-corrected chi connectivity index (χ1v) is 10.6. The molecule has 1 unspecified atom stereocenters. The molecule has 8 heteroatoms. The SMILES string of the molecule is CCCn1c(N)c(C(=O)C[NH+]2CCCCC[C@H]2c2ccc(OC)cc2)c(=O)[nH]c1=O. The highest BCUT2D eigenvalue weighted by Crippen LogP contribution is 2.22. The number of Topliss-reactive ketones (excluding diaryl/α,β-unsaturated/α-hetero) is 1. The second-order valence-electron chi connectivity index (χ2n) is 7.85. The Labute approximate surface area is 175 Å². The van der Waals surface area contributed by atoms with Crippen molar-refractivity contribution in [3.05, 3.63) is 56.2 Å². The summed E-state index contributed by atoms with van der Waals surface area (Å²) in [6, 6.07) is 8.11. The van der Waals surface area contributed by atoms with Gasteiger partial charge in [0, 0.05) is 18.5 Å². The molecule has 1 aromatic carbocycles. The average Bonchev–Trinajstić information content (AvgIpc) is 2.96. The molecule has 2 aromatic rings. The van der Waals surface area contributed by atoms with E-state index in [9.17, 15) is 14.4 Å². The number of rotatable bonds is 7. The van der Waals surface area contributed by atoms with E-state index < -0.39 is 11.2 Å². The fourth-order valence-corrected chi connectivity index (χ4v) is 4.30. The summed E-state index contributed by atoms with van der Waals surface area (Å²) in [5.74, 6) is 0.433. The number of nitrogen functional groups attached to an aromatic ring is 1. The zero-order chi connectivity index (χ0) is 21.7. The molecule has 1 aliphatic rings. The first-order valence-electron chi connectivity index (χ1n) is 10.6. The van der Waals surface area contributed by atoms with Gasteiger partial charge in [0.1, 0.15) is 29.7 Å². The number of likely N-dealkylation sites (tertiary alicyclic amines) is 1. The number of methoxy groups -OCH3 is 1. The van der Waals surface area contributed by atoms with E-state index in [0.717, 1.165) is 48.4 Å². The molecular weight excluding hydrogens is 384 g/mol. The van der Waals surface area contributed by atoms with E-state index in [1.54, 1.807) is 7.11 Å². The lowest BCUT2D eigenvalue weighted by atomic mass is 10.00. The van der Waals surface area contributed by atoms with Crippen LogP contribution < -0.4 is 26.6 Å².